The van der Waals surface area contributed by atoms with Gasteiger partial charge in [0.25, 0.3) is 0 Å². The van der Waals surface area contributed by atoms with Crippen LogP contribution in [0.4, 0.5) is 0 Å². The summed E-state index contributed by atoms with van der Waals surface area (Å²) in [6.07, 6.45) is 0.584. The molecule has 4 nitrogen and oxygen atoms in total. The molecule has 0 aliphatic carbocycles. The van der Waals surface area contributed by atoms with E-state index in [-0.39, 0.29) is 6.61 Å². The van der Waals surface area contributed by atoms with E-state index < -0.39 is 0 Å². The van der Waals surface area contributed by atoms with Gasteiger partial charge in [-0.3, -0.25) is 0 Å². The maximum absolute atomic E-state index is 9.06. The van der Waals surface area contributed by atoms with Gasteiger partial charge in [0.15, 0.2) is 0 Å². The number of aliphatic hydroxyl groups excluding tert-OH is 1. The topological polar surface area (TPSA) is 47.3 Å². The number of aromatic nitrogens is 2. The fraction of sp³-hybridized carbons (Fsp3) is 0.462. The third-order valence-electron chi connectivity index (χ3n) is 2.73. The predicted molar refractivity (Wildman–Crippen MR) is 67.0 cm³/mol. The van der Waals surface area contributed by atoms with Crippen molar-refractivity contribution in [2.24, 2.45) is 0 Å². The third kappa shape index (κ3) is 2.65. The number of benzene rings is 1. The van der Waals surface area contributed by atoms with Crippen molar-refractivity contribution in [1.82, 2.24) is 9.55 Å². The minimum absolute atomic E-state index is 0.123. The van der Waals surface area contributed by atoms with E-state index >= 15 is 0 Å². The second kappa shape index (κ2) is 5.80. The van der Waals surface area contributed by atoms with Crippen molar-refractivity contribution in [3.8, 4) is 0 Å². The summed E-state index contributed by atoms with van der Waals surface area (Å²) in [5, 5.41) is 9.06. The van der Waals surface area contributed by atoms with Gasteiger partial charge in [0.05, 0.1) is 24.2 Å². The fourth-order valence-corrected chi connectivity index (χ4v) is 1.97. The van der Waals surface area contributed by atoms with Crippen molar-refractivity contribution in [3.05, 3.63) is 30.1 Å². The molecule has 2 aromatic rings. The number of hydrogen-bond donors (Lipinski definition) is 1. The number of fused-ring (bicyclic) bond motifs is 1. The predicted octanol–water partition coefficient (Wildman–Crippen LogP) is 1.61. The Hall–Kier alpha value is -1.39. The van der Waals surface area contributed by atoms with E-state index in [1.165, 1.54) is 0 Å². The van der Waals surface area contributed by atoms with Crippen molar-refractivity contribution in [2.45, 2.75) is 19.9 Å². The Balaban J connectivity index is 2.30. The number of nitrogens with zero attached hydrogens (tertiary/aromatic N) is 2. The molecule has 2 rings (SSSR count). The second-order valence-electron chi connectivity index (χ2n) is 3.84. The first-order chi connectivity index (χ1) is 8.36. The standard InChI is InChI=1S/C13H18N2O2/c1-2-17-10-8-15-12-6-4-3-5-11(12)14-13(15)7-9-16/h3-6,16H,2,7-10H2,1H3. The van der Waals surface area contributed by atoms with Crippen LogP contribution in [0.5, 0.6) is 0 Å². The fourth-order valence-electron chi connectivity index (χ4n) is 1.97. The number of imidazole rings is 1. The van der Waals surface area contributed by atoms with Crippen molar-refractivity contribution in [3.63, 3.8) is 0 Å². The Morgan fingerprint density at radius 2 is 2.18 bits per heavy atom. The molecule has 1 aromatic carbocycles. The molecule has 17 heavy (non-hydrogen) atoms. The second-order valence-corrected chi connectivity index (χ2v) is 3.84. The number of aliphatic hydroxyl groups is 1. The van der Waals surface area contributed by atoms with Gasteiger partial charge < -0.3 is 14.4 Å². The molecule has 1 aromatic heterocycles. The molecule has 0 unspecified atom stereocenters. The molecule has 0 aliphatic rings. The Morgan fingerprint density at radius 3 is 2.94 bits per heavy atom. The molecule has 1 heterocycles. The number of para-hydroxylation sites is 2. The summed E-state index contributed by atoms with van der Waals surface area (Å²) in [7, 11) is 0. The molecule has 0 amide bonds. The van der Waals surface area contributed by atoms with Crippen LogP contribution in [0.1, 0.15) is 12.7 Å². The molecule has 0 radical (unpaired) electrons. The molecule has 4 heteroatoms. The van der Waals surface area contributed by atoms with Gasteiger partial charge in [-0.25, -0.2) is 4.98 Å². The van der Waals surface area contributed by atoms with Gasteiger partial charge in [-0.05, 0) is 19.1 Å². The number of hydrogen-bond acceptors (Lipinski definition) is 3. The van der Waals surface area contributed by atoms with Gasteiger partial charge in [0.1, 0.15) is 5.82 Å². The highest BCUT2D eigenvalue weighted by Gasteiger charge is 2.09. The van der Waals surface area contributed by atoms with Gasteiger partial charge in [-0.15, -0.1) is 0 Å². The molecular formula is C13H18N2O2. The van der Waals surface area contributed by atoms with E-state index in [1.807, 2.05) is 25.1 Å². The molecule has 0 atom stereocenters. The van der Waals surface area contributed by atoms with Crippen LogP contribution in [0, 0.1) is 0 Å². The van der Waals surface area contributed by atoms with Crippen molar-refractivity contribution < 1.29 is 9.84 Å². The van der Waals surface area contributed by atoms with E-state index in [4.69, 9.17) is 9.84 Å². The minimum atomic E-state index is 0.123. The van der Waals surface area contributed by atoms with E-state index in [0.717, 1.165) is 30.0 Å². The molecule has 92 valence electrons. The molecular weight excluding hydrogens is 216 g/mol. The monoisotopic (exact) mass is 234 g/mol. The maximum Gasteiger partial charge on any atom is 0.112 e. The third-order valence-corrected chi connectivity index (χ3v) is 2.73. The maximum atomic E-state index is 9.06. The quantitative estimate of drug-likeness (QED) is 0.772. The molecule has 0 bridgehead atoms. The Kier molecular flexibility index (Phi) is 4.12. The normalized spacial score (nSPS) is 11.2. The molecule has 0 saturated heterocycles. The van der Waals surface area contributed by atoms with Crippen LogP contribution in [0.2, 0.25) is 0 Å². The Labute approximate surface area is 101 Å². The zero-order valence-corrected chi connectivity index (χ0v) is 10.1. The number of ether oxygens (including phenoxy) is 1. The van der Waals surface area contributed by atoms with Gasteiger partial charge in [-0.1, -0.05) is 12.1 Å². The summed E-state index contributed by atoms with van der Waals surface area (Å²) < 4.78 is 7.50. The van der Waals surface area contributed by atoms with Crippen LogP contribution in [0.3, 0.4) is 0 Å². The largest absolute Gasteiger partial charge is 0.396 e. The molecule has 0 fully saturated rings. The summed E-state index contributed by atoms with van der Waals surface area (Å²) >= 11 is 0. The Morgan fingerprint density at radius 1 is 1.35 bits per heavy atom. The van der Waals surface area contributed by atoms with E-state index in [2.05, 4.69) is 15.6 Å². The average molecular weight is 234 g/mol. The minimum Gasteiger partial charge on any atom is -0.396 e. The lowest BCUT2D eigenvalue weighted by Gasteiger charge is -2.08. The lowest BCUT2D eigenvalue weighted by molar-refractivity contribution is 0.139. The van der Waals surface area contributed by atoms with E-state index in [1.54, 1.807) is 0 Å². The summed E-state index contributed by atoms with van der Waals surface area (Å²) in [4.78, 5) is 4.53. The summed E-state index contributed by atoms with van der Waals surface area (Å²) in [6, 6.07) is 8.03. The first-order valence-corrected chi connectivity index (χ1v) is 5.99. The first kappa shape index (κ1) is 12.1. The van der Waals surface area contributed by atoms with Crippen LogP contribution in [0.15, 0.2) is 24.3 Å². The number of rotatable bonds is 6. The summed E-state index contributed by atoms with van der Waals surface area (Å²) in [5.41, 5.74) is 2.09. The SMILES string of the molecule is CCOCCn1c(CCO)nc2ccccc21. The van der Waals surface area contributed by atoms with Crippen LogP contribution in [-0.4, -0.2) is 34.5 Å². The van der Waals surface area contributed by atoms with Crippen LogP contribution >= 0.6 is 0 Å². The van der Waals surface area contributed by atoms with E-state index in [0.29, 0.717) is 13.0 Å². The average Bonchev–Trinajstić information content (AvgIpc) is 2.69. The van der Waals surface area contributed by atoms with Gasteiger partial charge in [-0.2, -0.15) is 0 Å². The molecule has 1 N–H and O–H groups in total. The van der Waals surface area contributed by atoms with Gasteiger partial charge >= 0.3 is 0 Å². The highest BCUT2D eigenvalue weighted by atomic mass is 16.5. The summed E-state index contributed by atoms with van der Waals surface area (Å²) in [6.45, 7) is 4.29. The lowest BCUT2D eigenvalue weighted by atomic mass is 10.3. The zero-order valence-electron chi connectivity index (χ0n) is 10.1. The molecule has 0 aliphatic heterocycles. The Bertz CT molecular complexity index is 479. The van der Waals surface area contributed by atoms with E-state index in [9.17, 15) is 0 Å². The molecule has 0 spiro atoms. The van der Waals surface area contributed by atoms with Crippen LogP contribution in [0.25, 0.3) is 11.0 Å². The highest BCUT2D eigenvalue weighted by Crippen LogP contribution is 2.16. The smallest absolute Gasteiger partial charge is 0.112 e. The first-order valence-electron chi connectivity index (χ1n) is 5.99. The summed E-state index contributed by atoms with van der Waals surface area (Å²) in [5.74, 6) is 0.924. The van der Waals surface area contributed by atoms with Crippen molar-refractivity contribution in [1.29, 1.82) is 0 Å². The molecule has 0 saturated carbocycles. The van der Waals surface area contributed by atoms with Crippen molar-refractivity contribution >= 4 is 11.0 Å². The zero-order chi connectivity index (χ0) is 12.1. The lowest BCUT2D eigenvalue weighted by Crippen LogP contribution is -2.10. The van der Waals surface area contributed by atoms with Gasteiger partial charge in [0, 0.05) is 19.6 Å². The van der Waals surface area contributed by atoms with Crippen LogP contribution < -0.4 is 0 Å². The van der Waals surface area contributed by atoms with Crippen LogP contribution in [-0.2, 0) is 17.7 Å². The van der Waals surface area contributed by atoms with Gasteiger partial charge in [0.2, 0.25) is 0 Å². The van der Waals surface area contributed by atoms with Crippen molar-refractivity contribution in [2.75, 3.05) is 19.8 Å². The highest BCUT2D eigenvalue weighted by molar-refractivity contribution is 5.75.